The molecule has 0 N–H and O–H groups in total. The molecule has 1 aromatic carbocycles. The van der Waals surface area contributed by atoms with E-state index in [0.29, 0.717) is 23.6 Å². The standard InChI is InChI=1S/C18H17FN4O/c1-21(2)14-5-6-17-20-15(11-22(17)10-14)18(24)23-8-7-12-3-4-13(19)9-16(12)23/h3-6,9-11H,7-8H2,1-2H3. The lowest BCUT2D eigenvalue weighted by Gasteiger charge is -2.15. The minimum atomic E-state index is -0.334. The topological polar surface area (TPSA) is 40.9 Å². The molecular formula is C18H17FN4O. The van der Waals surface area contributed by atoms with Crippen LogP contribution in [-0.4, -0.2) is 35.9 Å². The first kappa shape index (κ1) is 14.7. The lowest BCUT2D eigenvalue weighted by Crippen LogP contribution is -2.29. The Morgan fingerprint density at radius 1 is 1.21 bits per heavy atom. The summed E-state index contributed by atoms with van der Waals surface area (Å²) < 4.78 is 15.4. The van der Waals surface area contributed by atoms with E-state index in [-0.39, 0.29) is 11.7 Å². The quantitative estimate of drug-likeness (QED) is 0.728. The van der Waals surface area contributed by atoms with Crippen LogP contribution >= 0.6 is 0 Å². The van der Waals surface area contributed by atoms with Gasteiger partial charge < -0.3 is 14.2 Å². The van der Waals surface area contributed by atoms with Crippen molar-refractivity contribution in [2.24, 2.45) is 0 Å². The van der Waals surface area contributed by atoms with E-state index < -0.39 is 0 Å². The van der Waals surface area contributed by atoms with E-state index in [1.54, 1.807) is 17.2 Å². The third-order valence-electron chi connectivity index (χ3n) is 4.36. The number of anilines is 2. The molecule has 0 spiro atoms. The normalized spacial score (nSPS) is 13.4. The Hall–Kier alpha value is -2.89. The molecule has 0 radical (unpaired) electrons. The largest absolute Gasteiger partial charge is 0.376 e. The predicted octanol–water partition coefficient (Wildman–Crippen LogP) is 2.74. The number of aromatic nitrogens is 2. The number of benzene rings is 1. The molecule has 3 aromatic rings. The molecule has 0 bridgehead atoms. The van der Waals surface area contributed by atoms with Crippen molar-refractivity contribution in [3.8, 4) is 0 Å². The van der Waals surface area contributed by atoms with E-state index in [1.807, 2.05) is 41.7 Å². The molecule has 0 aliphatic carbocycles. The van der Waals surface area contributed by atoms with E-state index in [0.717, 1.165) is 17.7 Å². The van der Waals surface area contributed by atoms with E-state index >= 15 is 0 Å². The molecule has 1 aliphatic rings. The van der Waals surface area contributed by atoms with E-state index in [9.17, 15) is 9.18 Å². The maximum Gasteiger partial charge on any atom is 0.278 e. The monoisotopic (exact) mass is 324 g/mol. The molecule has 6 heteroatoms. The van der Waals surface area contributed by atoms with Gasteiger partial charge in [-0.25, -0.2) is 9.37 Å². The first-order valence-corrected chi connectivity index (χ1v) is 7.79. The SMILES string of the molecule is CN(C)c1ccc2nc(C(=O)N3CCc4ccc(F)cc43)cn2c1. The van der Waals surface area contributed by atoms with Gasteiger partial charge in [0, 0.05) is 33.0 Å². The summed E-state index contributed by atoms with van der Waals surface area (Å²) in [6.07, 6.45) is 4.39. The number of fused-ring (bicyclic) bond motifs is 2. The van der Waals surface area contributed by atoms with Gasteiger partial charge in [0.2, 0.25) is 0 Å². The summed E-state index contributed by atoms with van der Waals surface area (Å²) in [6, 6.07) is 8.42. The van der Waals surface area contributed by atoms with Crippen LogP contribution < -0.4 is 9.80 Å². The zero-order valence-electron chi connectivity index (χ0n) is 13.5. The van der Waals surface area contributed by atoms with Gasteiger partial charge in [-0.2, -0.15) is 0 Å². The summed E-state index contributed by atoms with van der Waals surface area (Å²) in [4.78, 5) is 20.8. The molecule has 0 atom stereocenters. The fourth-order valence-electron chi connectivity index (χ4n) is 3.05. The molecule has 122 valence electrons. The Morgan fingerprint density at radius 2 is 2.04 bits per heavy atom. The number of hydrogen-bond acceptors (Lipinski definition) is 3. The lowest BCUT2D eigenvalue weighted by molar-refractivity contribution is 0.0985. The fourth-order valence-corrected chi connectivity index (χ4v) is 3.05. The number of carbonyl (C=O) groups excluding carboxylic acids is 1. The molecule has 4 rings (SSSR count). The molecule has 5 nitrogen and oxygen atoms in total. The van der Waals surface area contributed by atoms with Crippen LogP contribution in [0.3, 0.4) is 0 Å². The Bertz CT molecular complexity index is 947. The molecule has 0 saturated carbocycles. The smallest absolute Gasteiger partial charge is 0.278 e. The maximum atomic E-state index is 13.5. The summed E-state index contributed by atoms with van der Waals surface area (Å²) in [7, 11) is 3.92. The molecule has 2 aromatic heterocycles. The molecule has 1 amide bonds. The van der Waals surface area contributed by atoms with Gasteiger partial charge in [0.25, 0.3) is 5.91 Å². The predicted molar refractivity (Wildman–Crippen MR) is 91.3 cm³/mol. The van der Waals surface area contributed by atoms with Crippen LogP contribution in [0.5, 0.6) is 0 Å². The van der Waals surface area contributed by atoms with E-state index in [4.69, 9.17) is 0 Å². The molecule has 0 saturated heterocycles. The molecule has 1 aliphatic heterocycles. The Labute approximate surface area is 138 Å². The van der Waals surface area contributed by atoms with Crippen molar-refractivity contribution in [1.29, 1.82) is 0 Å². The third kappa shape index (κ3) is 2.31. The Kier molecular flexibility index (Phi) is 3.26. The number of hydrogen-bond donors (Lipinski definition) is 0. The fraction of sp³-hybridized carbons (Fsp3) is 0.222. The van der Waals surface area contributed by atoms with Crippen molar-refractivity contribution >= 4 is 22.9 Å². The second-order valence-corrected chi connectivity index (χ2v) is 6.15. The first-order valence-electron chi connectivity index (χ1n) is 7.79. The number of halogens is 1. The van der Waals surface area contributed by atoms with Crippen molar-refractivity contribution in [1.82, 2.24) is 9.38 Å². The second kappa shape index (κ2) is 5.33. The zero-order valence-corrected chi connectivity index (χ0v) is 13.5. The summed E-state index contributed by atoms with van der Waals surface area (Å²) in [5, 5.41) is 0. The highest BCUT2D eigenvalue weighted by atomic mass is 19.1. The van der Waals surface area contributed by atoms with Crippen LogP contribution in [0.1, 0.15) is 16.1 Å². The molecular weight excluding hydrogens is 307 g/mol. The third-order valence-corrected chi connectivity index (χ3v) is 4.36. The molecule has 3 heterocycles. The summed E-state index contributed by atoms with van der Waals surface area (Å²) in [5.74, 6) is -0.534. The van der Waals surface area contributed by atoms with E-state index in [2.05, 4.69) is 4.98 Å². The molecule has 0 fully saturated rings. The highest BCUT2D eigenvalue weighted by Crippen LogP contribution is 2.30. The van der Waals surface area contributed by atoms with Crippen LogP contribution in [0.25, 0.3) is 5.65 Å². The van der Waals surface area contributed by atoms with Gasteiger partial charge in [0.15, 0.2) is 0 Å². The van der Waals surface area contributed by atoms with Crippen LogP contribution in [0, 0.1) is 5.82 Å². The number of pyridine rings is 1. The minimum Gasteiger partial charge on any atom is -0.376 e. The van der Waals surface area contributed by atoms with Gasteiger partial charge in [-0.15, -0.1) is 0 Å². The minimum absolute atomic E-state index is 0.200. The van der Waals surface area contributed by atoms with Gasteiger partial charge in [-0.05, 0) is 36.2 Å². The van der Waals surface area contributed by atoms with E-state index in [1.165, 1.54) is 12.1 Å². The first-order chi connectivity index (χ1) is 11.5. The average Bonchev–Trinajstić information content (AvgIpc) is 3.16. The molecule has 0 unspecified atom stereocenters. The average molecular weight is 324 g/mol. The highest BCUT2D eigenvalue weighted by molar-refractivity contribution is 6.06. The number of imidazole rings is 1. The van der Waals surface area contributed by atoms with Gasteiger partial charge in [0.05, 0.1) is 11.4 Å². The van der Waals surface area contributed by atoms with Gasteiger partial charge in [-0.3, -0.25) is 4.79 Å². The van der Waals surface area contributed by atoms with Crippen molar-refractivity contribution < 1.29 is 9.18 Å². The number of nitrogens with zero attached hydrogens (tertiary/aromatic N) is 4. The second-order valence-electron chi connectivity index (χ2n) is 6.15. The Morgan fingerprint density at radius 3 is 2.83 bits per heavy atom. The Balaban J connectivity index is 1.71. The lowest BCUT2D eigenvalue weighted by atomic mass is 10.2. The summed E-state index contributed by atoms with van der Waals surface area (Å²) in [5.41, 5.74) is 3.73. The van der Waals surface area contributed by atoms with Gasteiger partial charge in [0.1, 0.15) is 17.2 Å². The number of carbonyl (C=O) groups is 1. The summed E-state index contributed by atoms with van der Waals surface area (Å²) in [6.45, 7) is 0.550. The van der Waals surface area contributed by atoms with Crippen molar-refractivity contribution in [2.45, 2.75) is 6.42 Å². The summed E-state index contributed by atoms with van der Waals surface area (Å²) >= 11 is 0. The van der Waals surface area contributed by atoms with Crippen molar-refractivity contribution in [3.05, 3.63) is 59.8 Å². The van der Waals surface area contributed by atoms with Gasteiger partial charge in [-0.1, -0.05) is 6.07 Å². The van der Waals surface area contributed by atoms with Crippen LogP contribution in [0.2, 0.25) is 0 Å². The van der Waals surface area contributed by atoms with Crippen LogP contribution in [0.15, 0.2) is 42.7 Å². The van der Waals surface area contributed by atoms with Crippen LogP contribution in [-0.2, 0) is 6.42 Å². The number of rotatable bonds is 2. The van der Waals surface area contributed by atoms with Gasteiger partial charge >= 0.3 is 0 Å². The highest BCUT2D eigenvalue weighted by Gasteiger charge is 2.27. The van der Waals surface area contributed by atoms with Crippen molar-refractivity contribution in [3.63, 3.8) is 0 Å². The maximum absolute atomic E-state index is 13.5. The number of amides is 1. The molecule has 24 heavy (non-hydrogen) atoms. The van der Waals surface area contributed by atoms with Crippen LogP contribution in [0.4, 0.5) is 15.8 Å². The zero-order chi connectivity index (χ0) is 16.8. The van der Waals surface area contributed by atoms with Crippen molar-refractivity contribution in [2.75, 3.05) is 30.4 Å².